The van der Waals surface area contributed by atoms with Crippen molar-refractivity contribution in [3.05, 3.63) is 197 Å². The van der Waals surface area contributed by atoms with Gasteiger partial charge in [-0.2, -0.15) is 27.1 Å². The first-order valence-corrected chi connectivity index (χ1v) is 23.8. The summed E-state index contributed by atoms with van der Waals surface area (Å²) in [5, 5.41) is 8.70. The molecule has 5 aliphatic rings. The van der Waals surface area contributed by atoms with Crippen LogP contribution in [0.3, 0.4) is 0 Å². The van der Waals surface area contributed by atoms with E-state index in [4.69, 9.17) is 0 Å². The smallest absolute Gasteiger partial charge is 0.383 e. The molecule has 0 aliphatic heterocycles. The van der Waals surface area contributed by atoms with Gasteiger partial charge in [0.05, 0.1) is 17.8 Å². The number of hydrogen-bond acceptors (Lipinski definition) is 5. The summed E-state index contributed by atoms with van der Waals surface area (Å²) in [5.41, 5.74) is 11.8. The van der Waals surface area contributed by atoms with Crippen LogP contribution in [0.1, 0.15) is 116 Å². The number of alkyl halides is 5. The van der Waals surface area contributed by atoms with Crippen LogP contribution in [0.25, 0.3) is 16.7 Å². The van der Waals surface area contributed by atoms with Crippen LogP contribution in [0.5, 0.6) is 0 Å². The molecule has 2 aromatic carbocycles. The van der Waals surface area contributed by atoms with E-state index in [2.05, 4.69) is 76.8 Å². The van der Waals surface area contributed by atoms with Crippen molar-refractivity contribution >= 4 is 28.4 Å². The first-order chi connectivity index (χ1) is 33.2. The number of benzene rings is 2. The number of aromatic nitrogens is 2. The van der Waals surface area contributed by atoms with Crippen LogP contribution < -0.4 is 10.6 Å². The number of hydrogen-bond donors (Lipinski definition) is 2. The third-order valence-corrected chi connectivity index (χ3v) is 12.9. The number of rotatable bonds is 13. The normalized spacial score (nSPS) is 21.0. The van der Waals surface area contributed by atoms with E-state index in [1.54, 1.807) is 70.2 Å². The number of ketones is 1. The lowest BCUT2D eigenvalue weighted by molar-refractivity contribution is -0.141. The fourth-order valence-electron chi connectivity index (χ4n) is 9.38. The standard InChI is InChI=1S/C31H33F5N4O.C25H25NO.C2H6.CH4.H2/c1-6-11-21(18-37-29(32)33)16-20(3)28(41)38-30(4,5)19-40-26(17-27(39-40)31(34,35)36)25-15-10-12-22(7-2)23-13-8-9-14-24(23)25;1-16-19(15-26(2)3)12-21(22-13-20(16)22)17-7-9-18(10-8-17)23-14-25(23)11-5-4-6-24(25)27;1-2;;/h6,8-15,17-18,20,29,37H,2,16,19H2,1,3-5H3,(H,38,41);4,6-10,12-13,15,22-23H,1,5,11,14H2,2-3H3;1-2H3;1H4;1H/b11-6-,21-18+;19-15-;;;/t20-;22?,23-,25+;;;/m11.../s1. The minimum atomic E-state index is -4.68. The largest absolute Gasteiger partial charge is 0.435 e. The molecule has 0 saturated heterocycles. The van der Waals surface area contributed by atoms with E-state index in [9.17, 15) is 31.5 Å². The molecule has 1 heterocycles. The van der Waals surface area contributed by atoms with Gasteiger partial charge in [0.2, 0.25) is 5.91 Å². The molecule has 1 aromatic heterocycles. The van der Waals surface area contributed by atoms with Crippen LogP contribution in [-0.2, 0) is 22.3 Å². The van der Waals surface area contributed by atoms with E-state index in [0.29, 0.717) is 39.9 Å². The summed E-state index contributed by atoms with van der Waals surface area (Å²) in [6.07, 6.45) is 18.8. The number of halogens is 5. The van der Waals surface area contributed by atoms with Gasteiger partial charge < -0.3 is 15.5 Å². The summed E-state index contributed by atoms with van der Waals surface area (Å²) in [7, 11) is 4.09. The van der Waals surface area contributed by atoms with Crippen LogP contribution in [0, 0.1) is 17.3 Å². The molecule has 1 amide bonds. The van der Waals surface area contributed by atoms with Gasteiger partial charge in [0.15, 0.2) is 11.5 Å². The number of carbonyl (C=O) groups excluding carboxylic acids is 2. The number of nitrogens with one attached hydrogen (secondary N) is 2. The van der Waals surface area contributed by atoms with Crippen LogP contribution in [-0.4, -0.2) is 52.6 Å². The Morgan fingerprint density at radius 2 is 1.76 bits per heavy atom. The lowest BCUT2D eigenvalue weighted by Gasteiger charge is -2.29. The Balaban J connectivity index is 0.000000314. The summed E-state index contributed by atoms with van der Waals surface area (Å²) in [6.45, 7) is 15.9. The highest BCUT2D eigenvalue weighted by Gasteiger charge is 2.59. The molecular weight excluding hydrogens is 906 g/mol. The number of amides is 1. The molecule has 8 rings (SSSR count). The maximum Gasteiger partial charge on any atom is 0.435 e. The quantitative estimate of drug-likeness (QED) is 0.0772. The number of fused-ring (bicyclic) bond motifs is 2. The molecule has 71 heavy (non-hydrogen) atoms. The Bertz CT molecular complexity index is 2790. The fraction of sp³-hybridized carbons (Fsp3) is 0.356. The van der Waals surface area contributed by atoms with Gasteiger partial charge in [0.1, 0.15) is 0 Å². The molecule has 4 atom stereocenters. The lowest BCUT2D eigenvalue weighted by Crippen LogP contribution is -2.48. The maximum absolute atomic E-state index is 13.8. The second-order valence-corrected chi connectivity index (χ2v) is 18.9. The predicted molar refractivity (Wildman–Crippen MR) is 281 cm³/mol. The van der Waals surface area contributed by atoms with Crippen LogP contribution in [0.15, 0.2) is 163 Å². The van der Waals surface area contributed by atoms with Crippen molar-refractivity contribution in [2.75, 3.05) is 14.1 Å². The Hall–Kier alpha value is -6.78. The van der Waals surface area contributed by atoms with E-state index in [1.807, 2.05) is 57.5 Å². The van der Waals surface area contributed by atoms with Gasteiger partial charge in [0, 0.05) is 56.3 Å². The third-order valence-electron chi connectivity index (χ3n) is 12.9. The Kier molecular flexibility index (Phi) is 17.8. The summed E-state index contributed by atoms with van der Waals surface area (Å²) < 4.78 is 67.9. The Morgan fingerprint density at radius 1 is 1.07 bits per heavy atom. The van der Waals surface area contributed by atoms with Gasteiger partial charge in [-0.1, -0.05) is 126 Å². The van der Waals surface area contributed by atoms with Crippen molar-refractivity contribution < 1.29 is 33.0 Å². The van der Waals surface area contributed by atoms with Gasteiger partial charge in [-0.3, -0.25) is 14.3 Å². The summed E-state index contributed by atoms with van der Waals surface area (Å²) >= 11 is 0. The number of nitrogens with zero attached hydrogens (tertiary/aromatic N) is 3. The average Bonchev–Trinajstić information content (AvgIpc) is 4.24. The van der Waals surface area contributed by atoms with E-state index in [0.717, 1.165) is 42.7 Å². The molecule has 1 spiro atoms. The minimum absolute atomic E-state index is 0. The van der Waals surface area contributed by atoms with Gasteiger partial charge in [-0.05, 0) is 127 Å². The first kappa shape index (κ1) is 55.2. The SMILES string of the molecule is C.C=C1C2=CC2C(c2ccc([C@H]3C[C@@]34CCC=CC4=O)cc2)=C/C1=C/N(C)C.C=C=C1C=CC=C(c2cc(C(F)(F)F)nn2CC(C)(C)NC(=O)[C@H](C)CC(/C=C\C)=C/NC(F)F)c2ccccc21.CC.[HH]. The molecule has 12 heteroatoms. The van der Waals surface area contributed by atoms with Crippen molar-refractivity contribution in [1.29, 1.82) is 0 Å². The molecule has 2 N–H and O–H groups in total. The maximum atomic E-state index is 13.8. The molecule has 7 nitrogen and oxygen atoms in total. The van der Waals surface area contributed by atoms with E-state index < -0.39 is 29.9 Å². The second-order valence-electron chi connectivity index (χ2n) is 18.9. The summed E-state index contributed by atoms with van der Waals surface area (Å²) in [6, 6.07) is 17.2. The monoisotopic (exact) mass is 976 g/mol. The zero-order valence-electron chi connectivity index (χ0n) is 41.4. The molecular formula is C59H70F5N5O2. The van der Waals surface area contributed by atoms with Gasteiger partial charge in [-0.15, -0.1) is 5.73 Å². The molecule has 1 saturated carbocycles. The molecule has 1 unspecified atom stereocenters. The molecule has 3 aromatic rings. The topological polar surface area (TPSA) is 79.3 Å². The second kappa shape index (κ2) is 23.0. The van der Waals surface area contributed by atoms with Crippen LogP contribution in [0.2, 0.25) is 0 Å². The van der Waals surface area contributed by atoms with Crippen molar-refractivity contribution in [1.82, 2.24) is 25.3 Å². The Labute approximate surface area is 418 Å². The van der Waals surface area contributed by atoms with E-state index in [1.165, 1.54) is 32.5 Å². The van der Waals surface area contributed by atoms with E-state index >= 15 is 0 Å². The molecule has 378 valence electrons. The number of allylic oxidation sites excluding steroid dienone is 15. The predicted octanol–water partition coefficient (Wildman–Crippen LogP) is 14.2. The third kappa shape index (κ3) is 13.0. The zero-order valence-corrected chi connectivity index (χ0v) is 41.4. The highest BCUT2D eigenvalue weighted by atomic mass is 19.4. The van der Waals surface area contributed by atoms with Gasteiger partial charge in [-0.25, -0.2) is 0 Å². The van der Waals surface area contributed by atoms with Crippen molar-refractivity contribution in [2.45, 2.75) is 105 Å². The molecule has 0 bridgehead atoms. The van der Waals surface area contributed by atoms with Crippen molar-refractivity contribution in [3.8, 4) is 0 Å². The first-order valence-electron chi connectivity index (χ1n) is 23.8. The Morgan fingerprint density at radius 3 is 2.38 bits per heavy atom. The minimum Gasteiger partial charge on any atom is -0.383 e. The molecule has 1 fully saturated rings. The summed E-state index contributed by atoms with van der Waals surface area (Å²) in [4.78, 5) is 27.5. The highest BCUT2D eigenvalue weighted by Crippen LogP contribution is 2.64. The molecule has 0 radical (unpaired) electrons. The zero-order chi connectivity index (χ0) is 51.1. The number of carbonyl (C=O) groups is 2. The lowest BCUT2D eigenvalue weighted by atomic mass is 9.84. The van der Waals surface area contributed by atoms with Gasteiger partial charge in [0.25, 0.3) is 0 Å². The fourth-order valence-corrected chi connectivity index (χ4v) is 9.38. The highest BCUT2D eigenvalue weighted by molar-refractivity contribution is 5.99. The van der Waals surface area contributed by atoms with E-state index in [-0.39, 0.29) is 38.8 Å². The van der Waals surface area contributed by atoms with Crippen molar-refractivity contribution in [3.63, 3.8) is 0 Å². The summed E-state index contributed by atoms with van der Waals surface area (Å²) in [5.74, 6) is 0.184. The van der Waals surface area contributed by atoms with Crippen LogP contribution in [0.4, 0.5) is 22.0 Å². The molecule has 5 aliphatic carbocycles. The van der Waals surface area contributed by atoms with Crippen molar-refractivity contribution in [2.24, 2.45) is 17.3 Å². The average molecular weight is 976 g/mol. The van der Waals surface area contributed by atoms with Crippen LogP contribution >= 0.6 is 0 Å². The van der Waals surface area contributed by atoms with Gasteiger partial charge >= 0.3 is 12.7 Å².